The summed E-state index contributed by atoms with van der Waals surface area (Å²) in [5, 5.41) is 12.1. The van der Waals surface area contributed by atoms with E-state index in [4.69, 9.17) is 9.84 Å². The molecular formula is C12H26N2O2. The van der Waals surface area contributed by atoms with Gasteiger partial charge in [-0.2, -0.15) is 0 Å². The van der Waals surface area contributed by atoms with Crippen LogP contribution in [0.25, 0.3) is 0 Å². The van der Waals surface area contributed by atoms with E-state index in [0.29, 0.717) is 6.61 Å². The molecule has 96 valence electrons. The number of aliphatic hydroxyl groups is 1. The van der Waals surface area contributed by atoms with Crippen LogP contribution in [0.5, 0.6) is 0 Å². The summed E-state index contributed by atoms with van der Waals surface area (Å²) in [6, 6.07) is 0.717. The molecule has 1 saturated heterocycles. The van der Waals surface area contributed by atoms with Gasteiger partial charge >= 0.3 is 0 Å². The Hall–Kier alpha value is -0.160. The zero-order valence-corrected chi connectivity index (χ0v) is 10.5. The molecule has 1 rings (SSSR count). The standard InChI is InChI=1S/C12H26N2O2/c1-14(8-10-16-11-9-15)7-5-12-4-2-3-6-13-12/h12-13,15H,2-11H2,1H3. The fraction of sp³-hybridized carbons (Fsp3) is 1.00. The third-order valence-corrected chi connectivity index (χ3v) is 3.12. The average molecular weight is 230 g/mol. The van der Waals surface area contributed by atoms with Crippen molar-refractivity contribution in [1.29, 1.82) is 0 Å². The Kier molecular flexibility index (Phi) is 7.76. The van der Waals surface area contributed by atoms with Crippen molar-refractivity contribution in [1.82, 2.24) is 10.2 Å². The number of nitrogens with zero attached hydrogens (tertiary/aromatic N) is 1. The van der Waals surface area contributed by atoms with E-state index >= 15 is 0 Å². The van der Waals surface area contributed by atoms with Crippen molar-refractivity contribution >= 4 is 0 Å². The Morgan fingerprint density at radius 3 is 2.88 bits per heavy atom. The maximum Gasteiger partial charge on any atom is 0.0698 e. The number of aliphatic hydroxyl groups excluding tert-OH is 1. The van der Waals surface area contributed by atoms with Crippen LogP contribution in [0.4, 0.5) is 0 Å². The quantitative estimate of drug-likeness (QED) is 0.595. The Bertz CT molecular complexity index is 161. The molecule has 1 aliphatic rings. The number of ether oxygens (including phenoxy) is 1. The molecule has 1 atom stereocenters. The molecule has 0 radical (unpaired) electrons. The molecule has 0 aromatic carbocycles. The van der Waals surface area contributed by atoms with E-state index < -0.39 is 0 Å². The van der Waals surface area contributed by atoms with Crippen LogP contribution >= 0.6 is 0 Å². The first-order valence-corrected chi connectivity index (χ1v) is 6.43. The summed E-state index contributed by atoms with van der Waals surface area (Å²) in [6.45, 7) is 4.56. The predicted molar refractivity (Wildman–Crippen MR) is 65.7 cm³/mol. The van der Waals surface area contributed by atoms with Gasteiger partial charge in [0, 0.05) is 12.6 Å². The first-order chi connectivity index (χ1) is 7.83. The predicted octanol–water partition coefficient (Wildman–Crippen LogP) is 0.459. The van der Waals surface area contributed by atoms with Crippen LogP contribution in [0.3, 0.4) is 0 Å². The third-order valence-electron chi connectivity index (χ3n) is 3.12. The second-order valence-corrected chi connectivity index (χ2v) is 4.57. The summed E-state index contributed by atoms with van der Waals surface area (Å²) in [6.07, 6.45) is 5.27. The zero-order chi connectivity index (χ0) is 11.6. The van der Waals surface area contributed by atoms with Crippen LogP contribution in [0.2, 0.25) is 0 Å². The van der Waals surface area contributed by atoms with Gasteiger partial charge in [-0.25, -0.2) is 0 Å². The molecule has 4 nitrogen and oxygen atoms in total. The fourth-order valence-electron chi connectivity index (χ4n) is 2.05. The molecule has 0 aromatic heterocycles. The minimum atomic E-state index is 0.121. The van der Waals surface area contributed by atoms with E-state index in [2.05, 4.69) is 17.3 Å². The van der Waals surface area contributed by atoms with Crippen LogP contribution in [0.1, 0.15) is 25.7 Å². The number of rotatable bonds is 8. The average Bonchev–Trinajstić information content (AvgIpc) is 2.33. The SMILES string of the molecule is CN(CCOCCO)CCC1CCCCN1. The zero-order valence-electron chi connectivity index (χ0n) is 10.5. The van der Waals surface area contributed by atoms with E-state index in [1.807, 2.05) is 0 Å². The summed E-state index contributed by atoms with van der Waals surface area (Å²) in [5.41, 5.74) is 0. The maximum absolute atomic E-state index is 8.56. The molecule has 1 unspecified atom stereocenters. The Morgan fingerprint density at radius 2 is 2.19 bits per heavy atom. The van der Waals surface area contributed by atoms with E-state index in [0.717, 1.165) is 25.7 Å². The van der Waals surface area contributed by atoms with Gasteiger partial charge in [0.2, 0.25) is 0 Å². The summed E-state index contributed by atoms with van der Waals surface area (Å²) in [5.74, 6) is 0. The molecule has 0 aromatic rings. The second-order valence-electron chi connectivity index (χ2n) is 4.57. The summed E-state index contributed by atoms with van der Waals surface area (Å²) in [7, 11) is 2.13. The van der Waals surface area contributed by atoms with E-state index in [9.17, 15) is 0 Å². The van der Waals surface area contributed by atoms with Gasteiger partial charge in [-0.15, -0.1) is 0 Å². The van der Waals surface area contributed by atoms with Gasteiger partial charge in [0.25, 0.3) is 0 Å². The molecule has 0 aliphatic carbocycles. The lowest BCUT2D eigenvalue weighted by Gasteiger charge is -2.25. The minimum absolute atomic E-state index is 0.121. The number of hydrogen-bond donors (Lipinski definition) is 2. The molecule has 0 spiro atoms. The normalized spacial score (nSPS) is 21.6. The lowest BCUT2D eigenvalue weighted by atomic mass is 10.0. The monoisotopic (exact) mass is 230 g/mol. The highest BCUT2D eigenvalue weighted by Crippen LogP contribution is 2.10. The number of hydrogen-bond acceptors (Lipinski definition) is 4. The Balaban J connectivity index is 1.94. The number of nitrogens with one attached hydrogen (secondary N) is 1. The topological polar surface area (TPSA) is 44.7 Å². The van der Waals surface area contributed by atoms with Gasteiger partial charge in [0.05, 0.1) is 19.8 Å². The highest BCUT2D eigenvalue weighted by atomic mass is 16.5. The highest BCUT2D eigenvalue weighted by Gasteiger charge is 2.12. The summed E-state index contributed by atoms with van der Waals surface area (Å²) in [4.78, 5) is 2.30. The van der Waals surface area contributed by atoms with Crippen molar-refractivity contribution in [3.63, 3.8) is 0 Å². The van der Waals surface area contributed by atoms with Crippen LogP contribution in [0.15, 0.2) is 0 Å². The molecule has 1 fully saturated rings. The molecule has 16 heavy (non-hydrogen) atoms. The molecule has 1 aliphatic heterocycles. The van der Waals surface area contributed by atoms with Crippen molar-refractivity contribution in [3.8, 4) is 0 Å². The van der Waals surface area contributed by atoms with E-state index in [1.54, 1.807) is 0 Å². The molecular weight excluding hydrogens is 204 g/mol. The van der Waals surface area contributed by atoms with Gasteiger partial charge in [-0.3, -0.25) is 0 Å². The van der Waals surface area contributed by atoms with E-state index in [1.165, 1.54) is 32.2 Å². The van der Waals surface area contributed by atoms with Gasteiger partial charge in [-0.05, 0) is 39.4 Å². The molecule has 1 heterocycles. The van der Waals surface area contributed by atoms with Crippen molar-refractivity contribution in [2.24, 2.45) is 0 Å². The summed E-state index contributed by atoms with van der Waals surface area (Å²) < 4.78 is 5.24. The Labute approximate surface area is 99.0 Å². The minimum Gasteiger partial charge on any atom is -0.394 e. The van der Waals surface area contributed by atoms with Gasteiger partial charge in [0.15, 0.2) is 0 Å². The summed E-state index contributed by atoms with van der Waals surface area (Å²) >= 11 is 0. The van der Waals surface area contributed by atoms with Crippen LogP contribution < -0.4 is 5.32 Å². The molecule has 0 amide bonds. The van der Waals surface area contributed by atoms with Crippen LogP contribution in [0, 0.1) is 0 Å². The number of likely N-dealkylation sites (N-methyl/N-ethyl adjacent to an activating group) is 1. The first kappa shape index (κ1) is 13.9. The lowest BCUT2D eigenvalue weighted by Crippen LogP contribution is -2.37. The van der Waals surface area contributed by atoms with Crippen LogP contribution in [-0.2, 0) is 4.74 Å². The second kappa shape index (κ2) is 8.93. The molecule has 4 heteroatoms. The highest BCUT2D eigenvalue weighted by molar-refractivity contribution is 4.73. The lowest BCUT2D eigenvalue weighted by molar-refractivity contribution is 0.0776. The van der Waals surface area contributed by atoms with Gasteiger partial charge in [0.1, 0.15) is 0 Å². The van der Waals surface area contributed by atoms with Crippen molar-refractivity contribution < 1.29 is 9.84 Å². The maximum atomic E-state index is 8.56. The van der Waals surface area contributed by atoms with Crippen molar-refractivity contribution in [2.45, 2.75) is 31.7 Å². The first-order valence-electron chi connectivity index (χ1n) is 6.43. The molecule has 0 bridgehead atoms. The van der Waals surface area contributed by atoms with Crippen molar-refractivity contribution in [2.75, 3.05) is 46.5 Å². The largest absolute Gasteiger partial charge is 0.394 e. The van der Waals surface area contributed by atoms with Gasteiger partial charge < -0.3 is 20.1 Å². The Morgan fingerprint density at radius 1 is 1.31 bits per heavy atom. The van der Waals surface area contributed by atoms with E-state index in [-0.39, 0.29) is 6.61 Å². The smallest absolute Gasteiger partial charge is 0.0698 e. The third kappa shape index (κ3) is 6.43. The van der Waals surface area contributed by atoms with Crippen LogP contribution in [-0.4, -0.2) is 62.6 Å². The molecule has 0 saturated carbocycles. The molecule has 2 N–H and O–H groups in total. The van der Waals surface area contributed by atoms with Gasteiger partial charge in [-0.1, -0.05) is 6.42 Å². The fourth-order valence-corrected chi connectivity index (χ4v) is 2.05. The van der Waals surface area contributed by atoms with Crippen molar-refractivity contribution in [3.05, 3.63) is 0 Å². The number of piperidine rings is 1.